The number of nitrogens with one attached hydrogen (secondary N) is 3. The van der Waals surface area contributed by atoms with Crippen LogP contribution in [0.25, 0.3) is 6.08 Å². The Morgan fingerprint density at radius 2 is 1.75 bits per heavy atom. The maximum absolute atomic E-state index is 12.7. The van der Waals surface area contributed by atoms with Crippen molar-refractivity contribution in [3.63, 3.8) is 0 Å². The summed E-state index contributed by atoms with van der Waals surface area (Å²) >= 11 is 1.24. The molecular weight excluding hydrogens is 446 g/mol. The number of amides is 1. The second kappa shape index (κ2) is 10.2. The smallest absolute Gasteiger partial charge is 0.274 e. The van der Waals surface area contributed by atoms with Gasteiger partial charge in [0.15, 0.2) is 0 Å². The van der Waals surface area contributed by atoms with Crippen molar-refractivity contribution in [1.29, 1.82) is 0 Å². The van der Waals surface area contributed by atoms with E-state index >= 15 is 0 Å². The Morgan fingerprint density at radius 1 is 1.06 bits per heavy atom. The number of hydrogen-bond acceptors (Lipinski definition) is 7. The number of sulfonamides is 1. The third-order valence-corrected chi connectivity index (χ3v) is 6.55. The van der Waals surface area contributed by atoms with Gasteiger partial charge in [-0.1, -0.05) is 65.4 Å². The molecule has 1 aromatic heterocycles. The molecule has 3 rings (SSSR count). The van der Waals surface area contributed by atoms with E-state index < -0.39 is 10.0 Å². The van der Waals surface area contributed by atoms with Gasteiger partial charge in [0.25, 0.3) is 10.0 Å². The van der Waals surface area contributed by atoms with Crippen LogP contribution >= 0.6 is 11.3 Å². The van der Waals surface area contributed by atoms with Crippen molar-refractivity contribution in [2.24, 2.45) is 5.10 Å². The molecule has 32 heavy (non-hydrogen) atoms. The zero-order valence-electron chi connectivity index (χ0n) is 17.8. The average Bonchev–Trinajstić information content (AvgIpc) is 3.14. The Balaban J connectivity index is 1.94. The van der Waals surface area contributed by atoms with E-state index in [-0.39, 0.29) is 10.8 Å². The molecule has 0 bridgehead atoms. The molecule has 10 heteroatoms. The standard InChI is InChI=1S/C22H23N5O3S2/c1-15-9-12-19(13-10-15)32(29,30)27-25-20(14-11-18-7-5-4-6-8-18)21-16(2)23-22(31-21)26-24-17(3)28/h4-14,27H,1-3H3,(H,23,26)(H,24,28)/b14-11+,25-20-. The topological polar surface area (TPSA) is 113 Å². The molecule has 0 spiro atoms. The summed E-state index contributed by atoms with van der Waals surface area (Å²) in [6, 6.07) is 16.1. The lowest BCUT2D eigenvalue weighted by Gasteiger charge is -2.06. The first-order valence-electron chi connectivity index (χ1n) is 9.64. The molecule has 0 saturated heterocycles. The zero-order valence-corrected chi connectivity index (χ0v) is 19.4. The molecule has 1 amide bonds. The van der Waals surface area contributed by atoms with Crippen LogP contribution in [0, 0.1) is 13.8 Å². The van der Waals surface area contributed by atoms with Crippen LogP contribution in [-0.4, -0.2) is 25.0 Å². The van der Waals surface area contributed by atoms with Crippen molar-refractivity contribution in [3.05, 3.63) is 82.4 Å². The highest BCUT2D eigenvalue weighted by molar-refractivity contribution is 7.89. The fraction of sp³-hybridized carbons (Fsp3) is 0.136. The number of thiazole rings is 1. The van der Waals surface area contributed by atoms with E-state index in [0.717, 1.165) is 11.1 Å². The van der Waals surface area contributed by atoms with Gasteiger partial charge in [-0.2, -0.15) is 18.4 Å². The van der Waals surface area contributed by atoms with Crippen LogP contribution in [0.5, 0.6) is 0 Å². The van der Waals surface area contributed by atoms with Crippen molar-refractivity contribution < 1.29 is 13.2 Å². The molecule has 0 radical (unpaired) electrons. The van der Waals surface area contributed by atoms with Gasteiger partial charge in [0.2, 0.25) is 11.0 Å². The number of benzene rings is 2. The summed E-state index contributed by atoms with van der Waals surface area (Å²) in [7, 11) is -3.85. The van der Waals surface area contributed by atoms with Crippen molar-refractivity contribution >= 4 is 44.2 Å². The maximum atomic E-state index is 12.7. The first kappa shape index (κ1) is 23.2. The number of anilines is 1. The van der Waals surface area contributed by atoms with Crippen LogP contribution in [0.1, 0.15) is 28.6 Å². The van der Waals surface area contributed by atoms with E-state index in [0.29, 0.717) is 21.4 Å². The summed E-state index contributed by atoms with van der Waals surface area (Å²) in [5.41, 5.74) is 8.10. The molecule has 0 saturated carbocycles. The minimum atomic E-state index is -3.85. The second-order valence-corrected chi connectivity index (χ2v) is 9.55. The van der Waals surface area contributed by atoms with Gasteiger partial charge in [0.1, 0.15) is 5.71 Å². The molecule has 3 aromatic rings. The molecular formula is C22H23N5O3S2. The number of rotatable bonds is 8. The van der Waals surface area contributed by atoms with Gasteiger partial charge < -0.3 is 0 Å². The monoisotopic (exact) mass is 469 g/mol. The third-order valence-electron chi connectivity index (χ3n) is 4.23. The number of nitrogens with zero attached hydrogens (tertiary/aromatic N) is 2. The van der Waals surface area contributed by atoms with Gasteiger partial charge >= 0.3 is 0 Å². The van der Waals surface area contributed by atoms with E-state index in [9.17, 15) is 13.2 Å². The number of carbonyl (C=O) groups is 1. The Hall–Kier alpha value is -3.50. The first-order valence-corrected chi connectivity index (χ1v) is 11.9. The molecule has 1 heterocycles. The molecule has 0 unspecified atom stereocenters. The van der Waals surface area contributed by atoms with Crippen LogP contribution < -0.4 is 15.7 Å². The van der Waals surface area contributed by atoms with Crippen molar-refractivity contribution in [2.45, 2.75) is 25.7 Å². The van der Waals surface area contributed by atoms with Crippen molar-refractivity contribution in [1.82, 2.24) is 15.2 Å². The summed E-state index contributed by atoms with van der Waals surface area (Å²) in [4.78, 5) is 18.6. The van der Waals surface area contributed by atoms with Crippen molar-refractivity contribution in [2.75, 3.05) is 5.43 Å². The Labute approximate surface area is 191 Å². The molecule has 0 fully saturated rings. The van der Waals surface area contributed by atoms with Crippen LogP contribution in [0.15, 0.2) is 70.7 Å². The number of allylic oxidation sites excluding steroid dienone is 1. The highest BCUT2D eigenvalue weighted by Crippen LogP contribution is 2.24. The minimum Gasteiger partial charge on any atom is -0.274 e. The number of hydrazone groups is 1. The normalized spacial score (nSPS) is 12.0. The highest BCUT2D eigenvalue weighted by Gasteiger charge is 2.16. The van der Waals surface area contributed by atoms with Gasteiger partial charge in [-0.05, 0) is 37.6 Å². The SMILES string of the molecule is CC(=O)NNc1nc(C)c(C(/C=C/c2ccccc2)=N\NS(=O)(=O)c2ccc(C)cc2)s1. The molecule has 0 aliphatic heterocycles. The Bertz CT molecular complexity index is 1250. The summed E-state index contributed by atoms with van der Waals surface area (Å²) in [5, 5.41) is 4.65. The van der Waals surface area contributed by atoms with Crippen LogP contribution in [0.2, 0.25) is 0 Å². The van der Waals surface area contributed by atoms with Gasteiger partial charge in [0.05, 0.1) is 15.5 Å². The molecule has 3 N–H and O–H groups in total. The highest BCUT2D eigenvalue weighted by atomic mass is 32.2. The van der Waals surface area contributed by atoms with Gasteiger partial charge in [-0.25, -0.2) is 4.98 Å². The molecule has 0 atom stereocenters. The lowest BCUT2D eigenvalue weighted by molar-refractivity contribution is -0.118. The van der Waals surface area contributed by atoms with Crippen LogP contribution in [0.3, 0.4) is 0 Å². The molecule has 166 valence electrons. The third kappa shape index (κ3) is 6.25. The lowest BCUT2D eigenvalue weighted by Crippen LogP contribution is -2.26. The molecule has 0 aliphatic rings. The van der Waals surface area contributed by atoms with E-state index in [1.807, 2.05) is 43.3 Å². The fourth-order valence-electron chi connectivity index (χ4n) is 2.61. The quantitative estimate of drug-likeness (QED) is 0.345. The van der Waals surface area contributed by atoms with Crippen LogP contribution in [0.4, 0.5) is 5.13 Å². The summed E-state index contributed by atoms with van der Waals surface area (Å²) in [5.74, 6) is -0.261. The van der Waals surface area contributed by atoms with E-state index in [2.05, 4.69) is 25.8 Å². The minimum absolute atomic E-state index is 0.118. The predicted molar refractivity (Wildman–Crippen MR) is 128 cm³/mol. The molecule has 2 aromatic carbocycles. The van der Waals surface area contributed by atoms with Crippen LogP contribution in [-0.2, 0) is 14.8 Å². The van der Waals surface area contributed by atoms with E-state index in [1.54, 1.807) is 25.1 Å². The molecule has 0 aliphatic carbocycles. The second-order valence-electron chi connectivity index (χ2n) is 6.89. The first-order chi connectivity index (χ1) is 15.2. The molecule has 8 nitrogen and oxygen atoms in total. The largest absolute Gasteiger partial charge is 0.276 e. The lowest BCUT2D eigenvalue weighted by atomic mass is 10.2. The van der Waals surface area contributed by atoms with Gasteiger partial charge in [-0.15, -0.1) is 0 Å². The Kier molecular flexibility index (Phi) is 7.39. The number of hydrogen-bond donors (Lipinski definition) is 3. The van der Waals surface area contributed by atoms with E-state index in [1.165, 1.54) is 30.4 Å². The fourth-order valence-corrected chi connectivity index (χ4v) is 4.32. The number of aryl methyl sites for hydroxylation is 2. The van der Waals surface area contributed by atoms with Gasteiger partial charge in [0, 0.05) is 6.92 Å². The summed E-state index contributed by atoms with van der Waals surface area (Å²) in [6.45, 7) is 5.04. The average molecular weight is 470 g/mol. The maximum Gasteiger partial charge on any atom is 0.276 e. The van der Waals surface area contributed by atoms with E-state index in [4.69, 9.17) is 0 Å². The zero-order chi connectivity index (χ0) is 23.1. The predicted octanol–water partition coefficient (Wildman–Crippen LogP) is 3.62. The number of carbonyl (C=O) groups excluding carboxylic acids is 1. The summed E-state index contributed by atoms with van der Waals surface area (Å²) < 4.78 is 25.4. The number of hydrazine groups is 1. The summed E-state index contributed by atoms with van der Waals surface area (Å²) in [6.07, 6.45) is 3.55. The van der Waals surface area contributed by atoms with Gasteiger partial charge in [-0.3, -0.25) is 15.6 Å². The Morgan fingerprint density at radius 3 is 2.41 bits per heavy atom. The van der Waals surface area contributed by atoms with Crippen molar-refractivity contribution in [3.8, 4) is 0 Å². The number of aromatic nitrogens is 1.